The second kappa shape index (κ2) is 9.40. The highest BCUT2D eigenvalue weighted by molar-refractivity contribution is 6.08. The fourth-order valence-electron chi connectivity index (χ4n) is 4.25. The third kappa shape index (κ3) is 3.82. The quantitative estimate of drug-likeness (QED) is 0.306. The van der Waals surface area contributed by atoms with Crippen molar-refractivity contribution in [2.75, 3.05) is 38.9 Å². The lowest BCUT2D eigenvalue weighted by Crippen LogP contribution is -2.50. The Kier molecular flexibility index (Phi) is 6.41. The molecule has 1 aliphatic heterocycles. The van der Waals surface area contributed by atoms with Crippen molar-refractivity contribution in [2.24, 2.45) is 5.92 Å². The number of rotatable bonds is 8. The normalized spacial score (nSPS) is 18.0. The van der Waals surface area contributed by atoms with E-state index in [9.17, 15) is 9.59 Å². The molecule has 0 unspecified atom stereocenters. The average molecular weight is 437 g/mol. The summed E-state index contributed by atoms with van der Waals surface area (Å²) in [5.74, 6) is -0.762. The number of benzene rings is 2. The first-order chi connectivity index (χ1) is 15.6. The van der Waals surface area contributed by atoms with Crippen molar-refractivity contribution >= 4 is 28.9 Å². The summed E-state index contributed by atoms with van der Waals surface area (Å²) in [5.41, 5.74) is 2.37. The summed E-state index contributed by atoms with van der Waals surface area (Å²) in [6, 6.07) is 14.5. The SMILES string of the molecule is CCOC(=O)[C@@H]1C(=O)N(CCCOC)c2nc3ccccc3n2[C@H]1c1cccc(OC)c1. The Morgan fingerprint density at radius 3 is 2.69 bits per heavy atom. The minimum atomic E-state index is -1.05. The fourth-order valence-corrected chi connectivity index (χ4v) is 4.25. The molecule has 0 spiro atoms. The molecule has 1 aromatic heterocycles. The van der Waals surface area contributed by atoms with Crippen molar-refractivity contribution in [3.8, 4) is 5.75 Å². The number of anilines is 1. The maximum Gasteiger partial charge on any atom is 0.321 e. The Bertz CT molecular complexity index is 1130. The summed E-state index contributed by atoms with van der Waals surface area (Å²) in [4.78, 5) is 33.2. The van der Waals surface area contributed by atoms with E-state index in [0.29, 0.717) is 31.3 Å². The Hall–Kier alpha value is -3.39. The number of amides is 1. The van der Waals surface area contributed by atoms with Crippen LogP contribution in [0.4, 0.5) is 5.95 Å². The molecule has 2 aromatic carbocycles. The summed E-state index contributed by atoms with van der Waals surface area (Å²) in [5, 5.41) is 0. The van der Waals surface area contributed by atoms with Gasteiger partial charge in [0.1, 0.15) is 5.75 Å². The van der Waals surface area contributed by atoms with E-state index in [1.165, 1.54) is 0 Å². The van der Waals surface area contributed by atoms with Crippen LogP contribution in [-0.2, 0) is 19.1 Å². The van der Waals surface area contributed by atoms with Crippen molar-refractivity contribution in [1.29, 1.82) is 0 Å². The number of para-hydroxylation sites is 2. The molecule has 0 saturated heterocycles. The number of nitrogens with zero attached hydrogens (tertiary/aromatic N) is 3. The van der Waals surface area contributed by atoms with E-state index in [4.69, 9.17) is 19.2 Å². The summed E-state index contributed by atoms with van der Waals surface area (Å²) in [7, 11) is 3.21. The molecule has 2 heterocycles. The predicted octanol–water partition coefficient (Wildman–Crippen LogP) is 3.20. The summed E-state index contributed by atoms with van der Waals surface area (Å²) in [6.45, 7) is 2.80. The number of methoxy groups -OCH3 is 2. The van der Waals surface area contributed by atoms with Gasteiger partial charge in [-0.2, -0.15) is 0 Å². The summed E-state index contributed by atoms with van der Waals surface area (Å²) < 4.78 is 17.9. The van der Waals surface area contributed by atoms with Gasteiger partial charge in [0.15, 0.2) is 5.92 Å². The molecule has 0 N–H and O–H groups in total. The van der Waals surface area contributed by atoms with Crippen LogP contribution in [0.25, 0.3) is 11.0 Å². The second-order valence-corrected chi connectivity index (χ2v) is 7.56. The molecule has 4 rings (SSSR count). The molecule has 3 aromatic rings. The van der Waals surface area contributed by atoms with Gasteiger partial charge in [-0.15, -0.1) is 0 Å². The van der Waals surface area contributed by atoms with Gasteiger partial charge in [-0.05, 0) is 43.2 Å². The van der Waals surface area contributed by atoms with Gasteiger partial charge in [-0.3, -0.25) is 14.5 Å². The Labute approximate surface area is 186 Å². The topological polar surface area (TPSA) is 82.9 Å². The number of carbonyl (C=O) groups excluding carboxylic acids is 2. The maximum atomic E-state index is 13.7. The molecule has 2 atom stereocenters. The first kappa shape index (κ1) is 21.8. The van der Waals surface area contributed by atoms with Crippen LogP contribution in [0.15, 0.2) is 48.5 Å². The third-order valence-corrected chi connectivity index (χ3v) is 5.65. The van der Waals surface area contributed by atoms with E-state index in [0.717, 1.165) is 16.6 Å². The van der Waals surface area contributed by atoms with E-state index < -0.39 is 17.9 Å². The van der Waals surface area contributed by atoms with Crippen LogP contribution in [0.3, 0.4) is 0 Å². The fraction of sp³-hybridized carbons (Fsp3) is 0.375. The molecule has 8 heteroatoms. The Morgan fingerprint density at radius 2 is 1.94 bits per heavy atom. The minimum Gasteiger partial charge on any atom is -0.497 e. The first-order valence-electron chi connectivity index (χ1n) is 10.7. The number of carbonyl (C=O) groups is 2. The highest BCUT2D eigenvalue weighted by Crippen LogP contribution is 2.41. The van der Waals surface area contributed by atoms with Crippen molar-refractivity contribution in [2.45, 2.75) is 19.4 Å². The van der Waals surface area contributed by atoms with E-state index in [1.54, 1.807) is 26.0 Å². The van der Waals surface area contributed by atoms with Crippen molar-refractivity contribution in [1.82, 2.24) is 9.55 Å². The zero-order chi connectivity index (χ0) is 22.7. The molecule has 32 heavy (non-hydrogen) atoms. The minimum absolute atomic E-state index is 0.189. The van der Waals surface area contributed by atoms with Gasteiger partial charge in [-0.25, -0.2) is 4.98 Å². The molecule has 1 amide bonds. The number of aromatic nitrogens is 2. The van der Waals surface area contributed by atoms with Gasteiger partial charge < -0.3 is 18.8 Å². The monoisotopic (exact) mass is 437 g/mol. The standard InChI is InChI=1S/C24H27N3O5/c1-4-32-23(29)20-21(16-9-7-10-17(15-16)31-3)27-19-12-6-5-11-18(19)25-24(27)26(22(20)28)13-8-14-30-2/h5-7,9-12,15,20-21H,4,8,13-14H2,1-3H3/t20-,21-/m0/s1. The number of ether oxygens (including phenoxy) is 3. The number of hydrogen-bond acceptors (Lipinski definition) is 6. The lowest BCUT2D eigenvalue weighted by Gasteiger charge is -2.38. The lowest BCUT2D eigenvalue weighted by molar-refractivity contribution is -0.153. The smallest absolute Gasteiger partial charge is 0.321 e. The lowest BCUT2D eigenvalue weighted by atomic mass is 9.89. The Morgan fingerprint density at radius 1 is 1.12 bits per heavy atom. The van der Waals surface area contributed by atoms with E-state index in [1.807, 2.05) is 53.1 Å². The molecule has 1 aliphatic rings. The van der Waals surface area contributed by atoms with Gasteiger partial charge in [0.05, 0.1) is 30.8 Å². The van der Waals surface area contributed by atoms with Crippen LogP contribution in [0.2, 0.25) is 0 Å². The van der Waals surface area contributed by atoms with Crippen LogP contribution in [0, 0.1) is 5.92 Å². The average Bonchev–Trinajstić information content (AvgIpc) is 3.19. The Balaban J connectivity index is 1.94. The summed E-state index contributed by atoms with van der Waals surface area (Å²) >= 11 is 0. The molecule has 0 fully saturated rings. The van der Waals surface area contributed by atoms with Crippen molar-refractivity contribution in [3.63, 3.8) is 0 Å². The van der Waals surface area contributed by atoms with Gasteiger partial charge in [0, 0.05) is 20.3 Å². The molecule has 0 aliphatic carbocycles. The number of fused-ring (bicyclic) bond motifs is 3. The van der Waals surface area contributed by atoms with Gasteiger partial charge >= 0.3 is 5.97 Å². The number of esters is 1. The maximum absolute atomic E-state index is 13.7. The largest absolute Gasteiger partial charge is 0.497 e. The molecule has 0 saturated carbocycles. The number of imidazole rings is 1. The molecule has 168 valence electrons. The molecule has 0 radical (unpaired) electrons. The predicted molar refractivity (Wildman–Crippen MR) is 120 cm³/mol. The molecule has 8 nitrogen and oxygen atoms in total. The molecular weight excluding hydrogens is 410 g/mol. The van der Waals surface area contributed by atoms with Crippen molar-refractivity contribution < 1.29 is 23.8 Å². The highest BCUT2D eigenvalue weighted by atomic mass is 16.5. The number of hydrogen-bond donors (Lipinski definition) is 0. The van der Waals surface area contributed by atoms with Crippen LogP contribution in [0.1, 0.15) is 24.9 Å². The second-order valence-electron chi connectivity index (χ2n) is 7.56. The zero-order valence-corrected chi connectivity index (χ0v) is 18.5. The molecule has 0 bridgehead atoms. The van der Waals surface area contributed by atoms with Crippen LogP contribution in [0.5, 0.6) is 5.75 Å². The zero-order valence-electron chi connectivity index (χ0n) is 18.5. The van der Waals surface area contributed by atoms with Crippen LogP contribution < -0.4 is 9.64 Å². The van der Waals surface area contributed by atoms with Gasteiger partial charge in [-0.1, -0.05) is 24.3 Å². The van der Waals surface area contributed by atoms with Gasteiger partial charge in [0.25, 0.3) is 0 Å². The van der Waals surface area contributed by atoms with E-state index >= 15 is 0 Å². The van der Waals surface area contributed by atoms with E-state index in [2.05, 4.69) is 0 Å². The summed E-state index contributed by atoms with van der Waals surface area (Å²) in [6.07, 6.45) is 0.616. The molecular formula is C24H27N3O5. The highest BCUT2D eigenvalue weighted by Gasteiger charge is 2.47. The third-order valence-electron chi connectivity index (χ3n) is 5.65. The van der Waals surface area contributed by atoms with Crippen molar-refractivity contribution in [3.05, 3.63) is 54.1 Å². The van der Waals surface area contributed by atoms with Crippen LogP contribution in [-0.4, -0.2) is 55.4 Å². The van der Waals surface area contributed by atoms with E-state index in [-0.39, 0.29) is 12.5 Å². The van der Waals surface area contributed by atoms with Crippen LogP contribution >= 0.6 is 0 Å². The first-order valence-corrected chi connectivity index (χ1v) is 10.7. The van der Waals surface area contributed by atoms with Gasteiger partial charge in [0.2, 0.25) is 11.9 Å².